The lowest BCUT2D eigenvalue weighted by Gasteiger charge is -2.06. The van der Waals surface area contributed by atoms with E-state index in [1.165, 1.54) is 11.3 Å². The van der Waals surface area contributed by atoms with Crippen molar-refractivity contribution in [2.45, 2.75) is 6.92 Å². The topological polar surface area (TPSA) is 77.5 Å². The Labute approximate surface area is 171 Å². The lowest BCUT2D eigenvalue weighted by molar-refractivity contribution is 0.0526. The lowest BCUT2D eigenvalue weighted by atomic mass is 10.2. The zero-order valence-corrected chi connectivity index (χ0v) is 16.7. The highest BCUT2D eigenvalue weighted by molar-refractivity contribution is 7.20. The summed E-state index contributed by atoms with van der Waals surface area (Å²) >= 11 is 1.32. The molecule has 146 valence electrons. The molecule has 4 rings (SSSR count). The van der Waals surface area contributed by atoms with Crippen molar-refractivity contribution in [1.29, 1.82) is 0 Å². The number of carbonyl (C=O) groups excluding carboxylic acids is 2. The molecule has 6 nitrogen and oxygen atoms in total. The predicted octanol–water partition coefficient (Wildman–Crippen LogP) is 4.89. The van der Waals surface area contributed by atoms with Gasteiger partial charge in [0.1, 0.15) is 10.6 Å². The van der Waals surface area contributed by atoms with Crippen LogP contribution in [0.1, 0.15) is 27.0 Å². The SMILES string of the molecule is CCOC(=O)c1cccc(NC(=O)c2cc3cc4cc(OC)ccc4nc3s2)c1. The van der Waals surface area contributed by atoms with Crippen molar-refractivity contribution in [3.8, 4) is 5.75 Å². The number of nitrogens with one attached hydrogen (secondary N) is 1. The first kappa shape index (κ1) is 18.9. The number of rotatable bonds is 5. The normalized spacial score (nSPS) is 10.8. The summed E-state index contributed by atoms with van der Waals surface area (Å²) in [4.78, 5) is 30.6. The molecule has 1 N–H and O–H groups in total. The Morgan fingerprint density at radius 1 is 1.07 bits per heavy atom. The van der Waals surface area contributed by atoms with Gasteiger partial charge in [-0.25, -0.2) is 9.78 Å². The highest BCUT2D eigenvalue weighted by Crippen LogP contribution is 2.29. The average Bonchev–Trinajstić information content (AvgIpc) is 3.15. The Hall–Kier alpha value is -3.45. The molecule has 1 amide bonds. The molecule has 4 aromatic rings. The van der Waals surface area contributed by atoms with Crippen LogP contribution in [-0.2, 0) is 4.74 Å². The summed E-state index contributed by atoms with van der Waals surface area (Å²) in [7, 11) is 1.62. The summed E-state index contributed by atoms with van der Waals surface area (Å²) in [5.74, 6) is 0.0840. The van der Waals surface area contributed by atoms with Crippen molar-refractivity contribution in [2.75, 3.05) is 19.0 Å². The van der Waals surface area contributed by atoms with Gasteiger partial charge in [-0.3, -0.25) is 4.79 Å². The quantitative estimate of drug-likeness (QED) is 0.478. The Kier molecular flexibility index (Phi) is 5.14. The van der Waals surface area contributed by atoms with Gasteiger partial charge in [-0.2, -0.15) is 0 Å². The molecule has 2 heterocycles. The third-order valence-electron chi connectivity index (χ3n) is 4.36. The van der Waals surface area contributed by atoms with Crippen LogP contribution < -0.4 is 10.1 Å². The number of benzene rings is 2. The number of thiophene rings is 1. The van der Waals surface area contributed by atoms with Crippen molar-refractivity contribution in [3.63, 3.8) is 0 Å². The number of ether oxygens (including phenoxy) is 2. The van der Waals surface area contributed by atoms with E-state index >= 15 is 0 Å². The third kappa shape index (κ3) is 3.90. The number of pyridine rings is 1. The number of anilines is 1. The second-order valence-corrected chi connectivity index (χ2v) is 7.34. The van der Waals surface area contributed by atoms with Crippen LogP contribution in [0.5, 0.6) is 5.75 Å². The molecule has 0 aliphatic rings. The smallest absolute Gasteiger partial charge is 0.338 e. The van der Waals surface area contributed by atoms with Crippen molar-refractivity contribution >= 4 is 50.0 Å². The maximum Gasteiger partial charge on any atom is 0.338 e. The summed E-state index contributed by atoms with van der Waals surface area (Å²) in [5.41, 5.74) is 1.76. The van der Waals surface area contributed by atoms with Gasteiger partial charge in [-0.15, -0.1) is 11.3 Å². The average molecular weight is 406 g/mol. The maximum atomic E-state index is 12.7. The molecule has 0 saturated carbocycles. The molecule has 0 saturated heterocycles. The molecule has 0 bridgehead atoms. The standard InChI is InChI=1S/C22H18N2O4S/c1-3-28-22(26)13-5-4-6-16(10-13)23-20(25)19-12-15-9-14-11-17(27-2)7-8-18(14)24-21(15)29-19/h4-12H,3H2,1-2H3,(H,23,25). The number of carbonyl (C=O) groups is 2. The van der Waals surface area contributed by atoms with Gasteiger partial charge in [0.25, 0.3) is 5.91 Å². The highest BCUT2D eigenvalue weighted by atomic mass is 32.1. The van der Waals surface area contributed by atoms with Gasteiger partial charge < -0.3 is 14.8 Å². The van der Waals surface area contributed by atoms with E-state index in [-0.39, 0.29) is 5.91 Å². The Bertz CT molecular complexity index is 1230. The minimum atomic E-state index is -0.420. The molecule has 0 fully saturated rings. The van der Waals surface area contributed by atoms with Crippen LogP contribution in [0.25, 0.3) is 21.1 Å². The van der Waals surface area contributed by atoms with Gasteiger partial charge in [-0.05, 0) is 55.5 Å². The van der Waals surface area contributed by atoms with Crippen molar-refractivity contribution in [2.24, 2.45) is 0 Å². The Morgan fingerprint density at radius 3 is 2.72 bits per heavy atom. The number of hydrogen-bond donors (Lipinski definition) is 1. The van der Waals surface area contributed by atoms with Gasteiger partial charge in [0.2, 0.25) is 0 Å². The van der Waals surface area contributed by atoms with Gasteiger partial charge in [0, 0.05) is 16.5 Å². The number of amides is 1. The van der Waals surface area contributed by atoms with E-state index in [1.54, 1.807) is 38.3 Å². The minimum absolute atomic E-state index is 0.254. The van der Waals surface area contributed by atoms with Crippen LogP contribution in [0, 0.1) is 0 Å². The molecule has 0 spiro atoms. The molecule has 2 aromatic carbocycles. The molecule has 0 radical (unpaired) electrons. The lowest BCUT2D eigenvalue weighted by Crippen LogP contribution is -2.11. The van der Waals surface area contributed by atoms with Crippen LogP contribution in [-0.4, -0.2) is 30.6 Å². The zero-order valence-electron chi connectivity index (χ0n) is 15.9. The van der Waals surface area contributed by atoms with E-state index in [1.807, 2.05) is 30.3 Å². The maximum absolute atomic E-state index is 12.7. The van der Waals surface area contributed by atoms with Gasteiger partial charge in [-0.1, -0.05) is 6.07 Å². The summed E-state index contributed by atoms with van der Waals surface area (Å²) in [6.07, 6.45) is 0. The van der Waals surface area contributed by atoms with Crippen LogP contribution >= 0.6 is 11.3 Å². The molecule has 0 atom stereocenters. The monoisotopic (exact) mass is 406 g/mol. The van der Waals surface area contributed by atoms with E-state index < -0.39 is 5.97 Å². The fraction of sp³-hybridized carbons (Fsp3) is 0.136. The fourth-order valence-corrected chi connectivity index (χ4v) is 3.90. The fourth-order valence-electron chi connectivity index (χ4n) is 2.98. The van der Waals surface area contributed by atoms with E-state index in [0.29, 0.717) is 22.7 Å². The molecule has 0 aliphatic heterocycles. The Morgan fingerprint density at radius 2 is 1.93 bits per heavy atom. The van der Waals surface area contributed by atoms with Crippen LogP contribution in [0.2, 0.25) is 0 Å². The second-order valence-electron chi connectivity index (χ2n) is 6.31. The van der Waals surface area contributed by atoms with Gasteiger partial charge >= 0.3 is 5.97 Å². The third-order valence-corrected chi connectivity index (χ3v) is 5.41. The molecule has 0 unspecified atom stereocenters. The summed E-state index contributed by atoms with van der Waals surface area (Å²) in [6.45, 7) is 2.04. The summed E-state index contributed by atoms with van der Waals surface area (Å²) in [5, 5.41) is 4.67. The molecule has 2 aromatic heterocycles. The number of nitrogens with zero attached hydrogens (tertiary/aromatic N) is 1. The first-order valence-corrected chi connectivity index (χ1v) is 9.86. The summed E-state index contributed by atoms with van der Waals surface area (Å²) < 4.78 is 10.3. The molecule has 29 heavy (non-hydrogen) atoms. The second kappa shape index (κ2) is 7.89. The van der Waals surface area contributed by atoms with E-state index in [4.69, 9.17) is 9.47 Å². The number of hydrogen-bond acceptors (Lipinski definition) is 6. The number of methoxy groups -OCH3 is 1. The highest BCUT2D eigenvalue weighted by Gasteiger charge is 2.14. The van der Waals surface area contributed by atoms with Crippen LogP contribution in [0.15, 0.2) is 54.6 Å². The van der Waals surface area contributed by atoms with Gasteiger partial charge in [0.05, 0.1) is 29.7 Å². The largest absolute Gasteiger partial charge is 0.497 e. The number of aromatic nitrogens is 1. The first-order valence-electron chi connectivity index (χ1n) is 9.04. The van der Waals surface area contributed by atoms with Crippen molar-refractivity contribution in [1.82, 2.24) is 4.98 Å². The number of esters is 1. The predicted molar refractivity (Wildman–Crippen MR) is 114 cm³/mol. The number of fused-ring (bicyclic) bond motifs is 2. The summed E-state index contributed by atoms with van der Waals surface area (Å²) in [6, 6.07) is 16.2. The van der Waals surface area contributed by atoms with E-state index in [2.05, 4.69) is 10.3 Å². The van der Waals surface area contributed by atoms with Crippen molar-refractivity contribution < 1.29 is 19.1 Å². The first-order chi connectivity index (χ1) is 14.1. The van der Waals surface area contributed by atoms with Gasteiger partial charge in [0.15, 0.2) is 0 Å². The molecular weight excluding hydrogens is 388 g/mol. The molecule has 7 heteroatoms. The van der Waals surface area contributed by atoms with E-state index in [9.17, 15) is 9.59 Å². The van der Waals surface area contributed by atoms with E-state index in [0.717, 1.165) is 26.9 Å². The molecular formula is C22H18N2O4S. The zero-order chi connectivity index (χ0) is 20.4. The molecule has 0 aliphatic carbocycles. The van der Waals surface area contributed by atoms with Crippen LogP contribution in [0.4, 0.5) is 5.69 Å². The Balaban J connectivity index is 1.61. The van der Waals surface area contributed by atoms with Crippen molar-refractivity contribution in [3.05, 3.63) is 65.0 Å². The van der Waals surface area contributed by atoms with Crippen LogP contribution in [0.3, 0.4) is 0 Å². The minimum Gasteiger partial charge on any atom is -0.497 e.